The molecule has 2 aromatic heterocycles. The predicted octanol–water partition coefficient (Wildman–Crippen LogP) is 4.17. The summed E-state index contributed by atoms with van der Waals surface area (Å²) in [6.07, 6.45) is 2.69. The van der Waals surface area contributed by atoms with Gasteiger partial charge in [-0.3, -0.25) is 5.32 Å². The number of amides is 1. The molecule has 1 aliphatic rings. The van der Waals surface area contributed by atoms with Crippen molar-refractivity contribution in [1.29, 1.82) is 0 Å². The topological polar surface area (TPSA) is 71.8 Å². The van der Waals surface area contributed by atoms with E-state index in [1.165, 1.54) is 6.07 Å². The fourth-order valence-electron chi connectivity index (χ4n) is 3.55. The van der Waals surface area contributed by atoms with Crippen molar-refractivity contribution in [3.8, 4) is 0 Å². The molecule has 146 valence electrons. The van der Waals surface area contributed by atoms with Gasteiger partial charge in [-0.1, -0.05) is 12.1 Å². The van der Waals surface area contributed by atoms with Gasteiger partial charge < -0.3 is 9.64 Å². The molecule has 7 nitrogen and oxygen atoms in total. The Kier molecular flexibility index (Phi) is 4.85. The van der Waals surface area contributed by atoms with Crippen LogP contribution in [0.4, 0.5) is 20.8 Å². The average molecular weight is 383 g/mol. The predicted molar refractivity (Wildman–Crippen MR) is 104 cm³/mol. The van der Waals surface area contributed by atoms with Crippen LogP contribution in [-0.2, 0) is 4.74 Å². The van der Waals surface area contributed by atoms with Crippen LogP contribution in [0.3, 0.4) is 0 Å². The van der Waals surface area contributed by atoms with Crippen molar-refractivity contribution in [3.05, 3.63) is 54.0 Å². The summed E-state index contributed by atoms with van der Waals surface area (Å²) in [7, 11) is 0. The third-order valence-corrected chi connectivity index (χ3v) is 4.70. The minimum Gasteiger partial charge on any atom is -0.447 e. The molecule has 0 radical (unpaired) electrons. The third kappa shape index (κ3) is 3.62. The number of hydrogen-bond acceptors (Lipinski definition) is 5. The number of rotatable bonds is 4. The van der Waals surface area contributed by atoms with E-state index in [0.717, 1.165) is 30.8 Å². The van der Waals surface area contributed by atoms with Crippen LogP contribution in [0.2, 0.25) is 0 Å². The van der Waals surface area contributed by atoms with Crippen molar-refractivity contribution in [2.45, 2.75) is 38.8 Å². The molecule has 0 aliphatic carbocycles. The van der Waals surface area contributed by atoms with Gasteiger partial charge in [-0.15, -0.1) is 5.10 Å². The molecule has 1 N–H and O–H groups in total. The minimum atomic E-state index is -0.553. The summed E-state index contributed by atoms with van der Waals surface area (Å²) in [6, 6.07) is 10.5. The maximum Gasteiger partial charge on any atom is 0.413 e. The fourth-order valence-corrected chi connectivity index (χ4v) is 3.55. The Morgan fingerprint density at radius 3 is 2.96 bits per heavy atom. The number of carbonyl (C=O) groups is 1. The zero-order valence-corrected chi connectivity index (χ0v) is 15.8. The van der Waals surface area contributed by atoms with Crippen LogP contribution >= 0.6 is 0 Å². The lowest BCUT2D eigenvalue weighted by Crippen LogP contribution is -2.24. The van der Waals surface area contributed by atoms with E-state index in [9.17, 15) is 9.18 Å². The molecule has 1 aromatic carbocycles. The molecule has 1 fully saturated rings. The first-order valence-electron chi connectivity index (χ1n) is 9.36. The Bertz CT molecular complexity index is 1000. The first kappa shape index (κ1) is 18.2. The van der Waals surface area contributed by atoms with Crippen molar-refractivity contribution in [3.63, 3.8) is 0 Å². The molecule has 3 aromatic rings. The third-order valence-electron chi connectivity index (χ3n) is 4.70. The van der Waals surface area contributed by atoms with Gasteiger partial charge in [0.05, 0.1) is 18.3 Å². The van der Waals surface area contributed by atoms with E-state index in [1.807, 2.05) is 18.2 Å². The first-order chi connectivity index (χ1) is 13.5. The maximum absolute atomic E-state index is 13.7. The van der Waals surface area contributed by atoms with E-state index in [2.05, 4.69) is 20.3 Å². The largest absolute Gasteiger partial charge is 0.447 e. The molecule has 0 unspecified atom stereocenters. The molecule has 1 atom stereocenters. The Balaban J connectivity index is 1.63. The second-order valence-corrected chi connectivity index (χ2v) is 7.09. The van der Waals surface area contributed by atoms with Crippen molar-refractivity contribution < 1.29 is 13.9 Å². The van der Waals surface area contributed by atoms with Crippen LogP contribution < -0.4 is 10.2 Å². The summed E-state index contributed by atoms with van der Waals surface area (Å²) in [5, 5.41) is 7.34. The number of halogens is 1. The zero-order valence-electron chi connectivity index (χ0n) is 15.8. The highest BCUT2D eigenvalue weighted by Crippen LogP contribution is 2.35. The van der Waals surface area contributed by atoms with Crippen LogP contribution in [0.15, 0.2) is 42.6 Å². The Labute approximate surface area is 162 Å². The summed E-state index contributed by atoms with van der Waals surface area (Å²) >= 11 is 0. The van der Waals surface area contributed by atoms with Crippen molar-refractivity contribution in [2.24, 2.45) is 0 Å². The molecule has 0 spiro atoms. The molecule has 3 heterocycles. The van der Waals surface area contributed by atoms with Crippen molar-refractivity contribution in [1.82, 2.24) is 14.6 Å². The molecular weight excluding hydrogens is 361 g/mol. The first-order valence-corrected chi connectivity index (χ1v) is 9.36. The molecule has 1 saturated heterocycles. The summed E-state index contributed by atoms with van der Waals surface area (Å²) in [6.45, 7) is 4.39. The van der Waals surface area contributed by atoms with Crippen LogP contribution in [0, 0.1) is 5.82 Å². The lowest BCUT2D eigenvalue weighted by Gasteiger charge is -2.26. The summed E-state index contributed by atoms with van der Waals surface area (Å²) < 4.78 is 20.4. The fraction of sp³-hybridized carbons (Fsp3) is 0.350. The maximum atomic E-state index is 13.7. The van der Waals surface area contributed by atoms with Crippen molar-refractivity contribution >= 4 is 23.4 Å². The van der Waals surface area contributed by atoms with Crippen LogP contribution in [0.1, 0.15) is 38.3 Å². The number of aromatic nitrogens is 3. The standard InChI is InChI=1S/C20H22FN5O2/c1-13(2)28-20(27)23-19-12-22-17-8-9-18(24-26(17)19)25-10-4-7-16(25)14-5-3-6-15(21)11-14/h3,5-6,8-9,11-13,16H,4,7,10H2,1-2H3,(H,23,27)/t16-/m1/s1. The van der Waals surface area contributed by atoms with E-state index < -0.39 is 6.09 Å². The molecule has 0 bridgehead atoms. The number of fused-ring (bicyclic) bond motifs is 1. The van der Waals surface area contributed by atoms with Gasteiger partial charge in [-0.25, -0.2) is 14.2 Å². The lowest BCUT2D eigenvalue weighted by molar-refractivity contribution is 0.130. The number of benzene rings is 1. The Morgan fingerprint density at radius 2 is 2.18 bits per heavy atom. The van der Waals surface area contributed by atoms with Crippen LogP contribution in [0.5, 0.6) is 0 Å². The van der Waals surface area contributed by atoms with E-state index in [4.69, 9.17) is 4.74 Å². The van der Waals surface area contributed by atoms with Gasteiger partial charge in [0.25, 0.3) is 0 Å². The van der Waals surface area contributed by atoms with Gasteiger partial charge >= 0.3 is 6.09 Å². The van der Waals surface area contributed by atoms with Crippen LogP contribution in [0.25, 0.3) is 5.65 Å². The van der Waals surface area contributed by atoms with E-state index in [1.54, 1.807) is 36.7 Å². The minimum absolute atomic E-state index is 0.0616. The van der Waals surface area contributed by atoms with Gasteiger partial charge in [0, 0.05) is 6.54 Å². The summed E-state index contributed by atoms with van der Waals surface area (Å²) in [5.41, 5.74) is 1.55. The van der Waals surface area contributed by atoms with Gasteiger partial charge in [0.15, 0.2) is 11.5 Å². The molecule has 1 aliphatic heterocycles. The highest BCUT2D eigenvalue weighted by Gasteiger charge is 2.28. The molecular formula is C20H22FN5O2. The normalized spacial score (nSPS) is 16.7. The van der Waals surface area contributed by atoms with Gasteiger partial charge in [-0.2, -0.15) is 4.52 Å². The smallest absolute Gasteiger partial charge is 0.413 e. The van der Waals surface area contributed by atoms with E-state index >= 15 is 0 Å². The second-order valence-electron chi connectivity index (χ2n) is 7.09. The number of carbonyl (C=O) groups excluding carboxylic acids is 1. The van der Waals surface area contributed by atoms with E-state index in [-0.39, 0.29) is 18.0 Å². The average Bonchev–Trinajstić information content (AvgIpc) is 3.28. The monoisotopic (exact) mass is 383 g/mol. The highest BCUT2D eigenvalue weighted by molar-refractivity contribution is 5.84. The van der Waals surface area contributed by atoms with Gasteiger partial charge in [0.2, 0.25) is 0 Å². The highest BCUT2D eigenvalue weighted by atomic mass is 19.1. The zero-order chi connectivity index (χ0) is 19.7. The van der Waals surface area contributed by atoms with Crippen molar-refractivity contribution in [2.75, 3.05) is 16.8 Å². The van der Waals surface area contributed by atoms with Gasteiger partial charge in [-0.05, 0) is 56.5 Å². The van der Waals surface area contributed by atoms with Crippen LogP contribution in [-0.4, -0.2) is 33.3 Å². The number of anilines is 2. The molecule has 8 heteroatoms. The number of nitrogens with zero attached hydrogens (tertiary/aromatic N) is 4. The summed E-state index contributed by atoms with van der Waals surface area (Å²) in [5.74, 6) is 0.944. The Morgan fingerprint density at radius 1 is 1.32 bits per heavy atom. The number of ether oxygens (including phenoxy) is 1. The molecule has 4 rings (SSSR count). The molecule has 0 saturated carbocycles. The quantitative estimate of drug-likeness (QED) is 0.732. The lowest BCUT2D eigenvalue weighted by atomic mass is 10.0. The van der Waals surface area contributed by atoms with Gasteiger partial charge in [0.1, 0.15) is 11.6 Å². The summed E-state index contributed by atoms with van der Waals surface area (Å²) in [4.78, 5) is 18.4. The number of nitrogens with one attached hydrogen (secondary N) is 1. The molecule has 1 amide bonds. The second kappa shape index (κ2) is 7.46. The Hall–Kier alpha value is -3.16. The SMILES string of the molecule is CC(C)OC(=O)Nc1cnc2ccc(N3CCC[C@@H]3c3cccc(F)c3)nn12. The molecule has 28 heavy (non-hydrogen) atoms. The number of imidazole rings is 1. The number of hydrogen-bond donors (Lipinski definition) is 1. The van der Waals surface area contributed by atoms with E-state index in [0.29, 0.717) is 11.5 Å².